The number of esters is 1. The summed E-state index contributed by atoms with van der Waals surface area (Å²) in [5.74, 6) is -1.04. The monoisotopic (exact) mass is 1040 g/mol. The van der Waals surface area contributed by atoms with Gasteiger partial charge >= 0.3 is 35.8 Å². The van der Waals surface area contributed by atoms with Crippen molar-refractivity contribution in [2.45, 2.75) is 169 Å². The van der Waals surface area contributed by atoms with Crippen molar-refractivity contribution in [3.63, 3.8) is 0 Å². The summed E-state index contributed by atoms with van der Waals surface area (Å²) in [7, 11) is 0. The summed E-state index contributed by atoms with van der Waals surface area (Å²) in [4.78, 5) is 87.8. The molecule has 5 rings (SSSR count). The summed E-state index contributed by atoms with van der Waals surface area (Å²) < 4.78 is 6.09. The molecule has 1 aromatic carbocycles. The van der Waals surface area contributed by atoms with E-state index < -0.39 is 62.1 Å². The molecule has 10 atom stereocenters. The zero-order valence-electron chi connectivity index (χ0n) is 45.1. The summed E-state index contributed by atoms with van der Waals surface area (Å²) in [5, 5.41) is 50.4. The van der Waals surface area contributed by atoms with Gasteiger partial charge in [-0.15, -0.1) is 0 Å². The van der Waals surface area contributed by atoms with Crippen molar-refractivity contribution < 1.29 is 63.8 Å². The average molecular weight is 1040 g/mol. The van der Waals surface area contributed by atoms with Gasteiger partial charge in [-0.25, -0.2) is 0 Å². The number of carbonyl (C=O) groups is 7. The molecule has 0 aliphatic heterocycles. The molecule has 17 nitrogen and oxygen atoms in total. The number of rotatable bonds is 33. The molecule has 1 aromatic rings. The second-order valence-corrected chi connectivity index (χ2v) is 23.6. The van der Waals surface area contributed by atoms with Gasteiger partial charge in [-0.1, -0.05) is 78.1 Å². The fourth-order valence-electron chi connectivity index (χ4n) is 14.4. The maximum absolute atomic E-state index is 13.1. The van der Waals surface area contributed by atoms with Crippen LogP contribution < -0.4 is 5.32 Å². The average Bonchev–Trinajstić information content (AvgIpc) is 3.67. The molecule has 4 aliphatic carbocycles. The highest BCUT2D eigenvalue weighted by molar-refractivity contribution is 5.77. The fraction of sp³-hybridized carbons (Fsp3) is 0.772. The minimum absolute atomic E-state index is 0.0397. The van der Waals surface area contributed by atoms with Gasteiger partial charge in [0.1, 0.15) is 12.1 Å². The van der Waals surface area contributed by atoms with Crippen LogP contribution in [0.5, 0.6) is 0 Å². The van der Waals surface area contributed by atoms with Crippen molar-refractivity contribution in [2.24, 2.45) is 52.3 Å². The van der Waals surface area contributed by atoms with Crippen LogP contribution in [0.2, 0.25) is 0 Å². The smallest absolute Gasteiger partial charge is 0.320 e. The fourth-order valence-corrected chi connectivity index (χ4v) is 14.4. The molecule has 17 heteroatoms. The Labute approximate surface area is 439 Å². The molecule has 0 bridgehead atoms. The number of carboxylic acids is 5. The van der Waals surface area contributed by atoms with E-state index in [9.17, 15) is 59.1 Å². The zero-order valence-corrected chi connectivity index (χ0v) is 45.1. The van der Waals surface area contributed by atoms with Crippen LogP contribution in [0, 0.1) is 52.3 Å². The van der Waals surface area contributed by atoms with Crippen LogP contribution in [-0.4, -0.2) is 153 Å². The van der Waals surface area contributed by atoms with Gasteiger partial charge < -0.3 is 35.6 Å². The van der Waals surface area contributed by atoms with Crippen LogP contribution in [0.1, 0.15) is 155 Å². The van der Waals surface area contributed by atoms with Gasteiger partial charge in [-0.05, 0) is 153 Å². The summed E-state index contributed by atoms with van der Waals surface area (Å²) in [6.45, 7) is 10.2. The zero-order chi connectivity index (χ0) is 54.2. The Bertz CT molecular complexity index is 1960. The molecule has 0 heterocycles. The third-order valence-electron chi connectivity index (χ3n) is 18.2. The Morgan fingerprint density at radius 2 is 1.20 bits per heavy atom. The Morgan fingerprint density at radius 3 is 1.77 bits per heavy atom. The number of aliphatic carboxylic acids is 5. The number of nitrogens with one attached hydrogen (secondary N) is 1. The highest BCUT2D eigenvalue weighted by Crippen LogP contribution is 2.68. The van der Waals surface area contributed by atoms with Gasteiger partial charge in [0.15, 0.2) is 0 Å². The molecule has 4 saturated carbocycles. The molecule has 1 amide bonds. The molecule has 1 unspecified atom stereocenters. The number of aryl methyl sites for hydroxylation is 1. The van der Waals surface area contributed by atoms with E-state index in [2.05, 4.69) is 39.9 Å². The SMILES string of the molecule is CC(C)CCC[C@@H](C)[C@H]1CC[C@H]2[C@@H]3CC[C@H]4C[C@@H](OC(=O)CCCC(=O)NCCc5ccc(CCCC(C(=O)O)N(CCN(CC(=O)O)CC(=O)O)CCN(CC(=O)O)CC(=O)O)cc5)CC[C@]4(C)[C@H]3CC[C@]12C. The Balaban J connectivity index is 1.00. The maximum Gasteiger partial charge on any atom is 0.320 e. The minimum Gasteiger partial charge on any atom is -0.480 e. The number of hydrogen-bond donors (Lipinski definition) is 6. The number of ether oxygens (including phenoxy) is 1. The second-order valence-electron chi connectivity index (χ2n) is 23.6. The highest BCUT2D eigenvalue weighted by atomic mass is 16.5. The molecule has 74 heavy (non-hydrogen) atoms. The summed E-state index contributed by atoms with van der Waals surface area (Å²) in [6, 6.07) is 6.66. The van der Waals surface area contributed by atoms with E-state index in [4.69, 9.17) is 4.74 Å². The molecule has 416 valence electrons. The van der Waals surface area contributed by atoms with Crippen molar-refractivity contribution in [1.29, 1.82) is 0 Å². The molecular weight excluding hydrogens is 949 g/mol. The Morgan fingerprint density at radius 1 is 0.635 bits per heavy atom. The van der Waals surface area contributed by atoms with Crippen LogP contribution in [0.4, 0.5) is 0 Å². The lowest BCUT2D eigenvalue weighted by Gasteiger charge is -2.61. The van der Waals surface area contributed by atoms with Crippen molar-refractivity contribution in [1.82, 2.24) is 20.0 Å². The number of nitrogens with zero attached hydrogens (tertiary/aromatic N) is 3. The van der Waals surface area contributed by atoms with Crippen LogP contribution in [-0.2, 0) is 51.1 Å². The lowest BCUT2D eigenvalue weighted by atomic mass is 9.44. The number of carboxylic acid groups (broad SMARTS) is 5. The van der Waals surface area contributed by atoms with Gasteiger partial charge in [0.2, 0.25) is 5.91 Å². The number of amides is 1. The first kappa shape index (κ1) is 60.3. The normalized spacial score (nSPS) is 26.2. The lowest BCUT2D eigenvalue weighted by Crippen LogP contribution is -2.54. The first-order valence-electron chi connectivity index (χ1n) is 27.9. The van der Waals surface area contributed by atoms with Gasteiger partial charge in [0.25, 0.3) is 0 Å². The van der Waals surface area contributed by atoms with Crippen molar-refractivity contribution >= 4 is 41.7 Å². The number of benzene rings is 1. The summed E-state index contributed by atoms with van der Waals surface area (Å²) in [5.41, 5.74) is 2.75. The Hall–Kier alpha value is -4.61. The van der Waals surface area contributed by atoms with E-state index in [1.54, 1.807) is 0 Å². The first-order valence-corrected chi connectivity index (χ1v) is 27.9. The molecular formula is C57H90N4O13. The third-order valence-corrected chi connectivity index (χ3v) is 18.2. The number of carbonyl (C=O) groups excluding carboxylic acids is 2. The van der Waals surface area contributed by atoms with Crippen LogP contribution in [0.25, 0.3) is 0 Å². The molecule has 0 saturated heterocycles. The van der Waals surface area contributed by atoms with Gasteiger partial charge in [0.05, 0.1) is 26.2 Å². The van der Waals surface area contributed by atoms with Crippen molar-refractivity contribution in [2.75, 3.05) is 58.9 Å². The minimum atomic E-state index is -1.26. The quantitative estimate of drug-likeness (QED) is 0.0371. The second kappa shape index (κ2) is 28.5. The molecule has 0 aromatic heterocycles. The van der Waals surface area contributed by atoms with E-state index >= 15 is 0 Å². The predicted octanol–water partition coefficient (Wildman–Crippen LogP) is 7.57. The van der Waals surface area contributed by atoms with E-state index in [0.717, 1.165) is 75.7 Å². The summed E-state index contributed by atoms with van der Waals surface area (Å²) >= 11 is 0. The van der Waals surface area contributed by atoms with E-state index in [1.807, 2.05) is 24.3 Å². The van der Waals surface area contributed by atoms with Gasteiger partial charge in [-0.2, -0.15) is 0 Å². The number of hydrogen-bond acceptors (Lipinski definition) is 11. The first-order chi connectivity index (χ1) is 35.1. The maximum atomic E-state index is 13.1. The topological polar surface area (TPSA) is 252 Å². The lowest BCUT2D eigenvalue weighted by molar-refractivity contribution is -0.163. The molecule has 0 spiro atoms. The van der Waals surface area contributed by atoms with Crippen LogP contribution in [0.15, 0.2) is 24.3 Å². The molecule has 4 fully saturated rings. The molecule has 0 radical (unpaired) electrons. The highest BCUT2D eigenvalue weighted by Gasteiger charge is 2.60. The molecule has 6 N–H and O–H groups in total. The van der Waals surface area contributed by atoms with E-state index in [-0.39, 0.29) is 63.4 Å². The van der Waals surface area contributed by atoms with Gasteiger partial charge in [-0.3, -0.25) is 48.3 Å². The third kappa shape index (κ3) is 17.7. The van der Waals surface area contributed by atoms with E-state index in [1.165, 1.54) is 62.7 Å². The van der Waals surface area contributed by atoms with Crippen molar-refractivity contribution in [3.8, 4) is 0 Å². The summed E-state index contributed by atoms with van der Waals surface area (Å²) in [6.07, 6.45) is 17.7. The van der Waals surface area contributed by atoms with Gasteiger partial charge in [0, 0.05) is 45.6 Å². The van der Waals surface area contributed by atoms with Crippen LogP contribution >= 0.6 is 0 Å². The number of fused-ring (bicyclic) bond motifs is 5. The predicted molar refractivity (Wildman–Crippen MR) is 279 cm³/mol. The standard InChI is InChI=1S/C57H90N4O13/c1-38(2)9-6-10-39(3)45-21-22-46-44-20-19-42-33-43(23-26-56(42,4)47(44)24-27-57(45,46)5)74-54(71)14-8-13-49(62)58-28-25-41-17-15-40(16-18-41)11-7-12-48(55(72)73)61(31-29-59(34-50(63)64)35-51(65)66)32-30-60(36-52(67)68)37-53(69)70/h15-18,38-39,42-48H,6-14,19-37H2,1-5H3,(H,58,62)(H,63,64)(H,65,66)(H,67,68)(H,69,70)(H,72,73)/t39-,42+,43+,44+,45-,46+,47+,48?,56+,57-/m1/s1. The largest absolute Gasteiger partial charge is 0.480 e. The molecule has 4 aliphatic rings. The van der Waals surface area contributed by atoms with Crippen LogP contribution in [0.3, 0.4) is 0 Å². The van der Waals surface area contributed by atoms with E-state index in [0.29, 0.717) is 49.0 Å². The van der Waals surface area contributed by atoms with Crippen molar-refractivity contribution in [3.05, 3.63) is 35.4 Å². The Kier molecular flexibility index (Phi) is 23.2.